The van der Waals surface area contributed by atoms with E-state index in [1.807, 2.05) is 46.8 Å². The number of carbonyl (C=O) groups excluding carboxylic acids is 2. The second-order valence-corrected chi connectivity index (χ2v) is 8.17. The Kier molecular flexibility index (Phi) is 6.60. The lowest BCUT2D eigenvalue weighted by Gasteiger charge is -2.37. The van der Waals surface area contributed by atoms with Crippen molar-refractivity contribution in [3.05, 3.63) is 0 Å². The van der Waals surface area contributed by atoms with Crippen molar-refractivity contribution >= 4 is 11.7 Å². The Labute approximate surface area is 136 Å². The molecule has 1 aliphatic carbocycles. The minimum absolute atomic E-state index is 0.102. The van der Waals surface area contributed by atoms with Crippen LogP contribution in [0.15, 0.2) is 0 Å². The Hall–Kier alpha value is -0.900. The molecule has 0 aliphatic heterocycles. The molecule has 0 aromatic carbocycles. The normalized spacial score (nSPS) is 24.2. The maximum atomic E-state index is 12.9. The van der Waals surface area contributed by atoms with Crippen molar-refractivity contribution in [1.29, 1.82) is 0 Å². The van der Waals surface area contributed by atoms with Crippen molar-refractivity contribution in [2.45, 2.75) is 59.4 Å². The Morgan fingerprint density at radius 3 is 2.00 bits per heavy atom. The molecule has 0 spiro atoms. The molecule has 0 bridgehead atoms. The van der Waals surface area contributed by atoms with Gasteiger partial charge in [0, 0.05) is 36.9 Å². The highest BCUT2D eigenvalue weighted by molar-refractivity contribution is 5.91. The lowest BCUT2D eigenvalue weighted by atomic mass is 9.70. The highest BCUT2D eigenvalue weighted by Crippen LogP contribution is 2.36. The fraction of sp³-hybridized carbons (Fsp3) is 0.889. The molecule has 0 radical (unpaired) electrons. The number of amides is 1. The second-order valence-electron chi connectivity index (χ2n) is 8.17. The zero-order valence-electron chi connectivity index (χ0n) is 15.5. The van der Waals surface area contributed by atoms with Crippen LogP contribution in [0, 0.1) is 17.3 Å². The van der Waals surface area contributed by atoms with Crippen LogP contribution < -0.4 is 0 Å². The molecule has 0 saturated heterocycles. The molecule has 128 valence electrons. The van der Waals surface area contributed by atoms with Gasteiger partial charge in [-0.05, 0) is 33.9 Å². The lowest BCUT2D eigenvalue weighted by Crippen LogP contribution is -2.48. The molecule has 0 N–H and O–H groups in total. The molecule has 1 aliphatic rings. The Bertz CT molecular complexity index is 398. The molecule has 4 nitrogen and oxygen atoms in total. The van der Waals surface area contributed by atoms with Crippen LogP contribution in [-0.2, 0) is 9.59 Å². The Morgan fingerprint density at radius 2 is 1.55 bits per heavy atom. The van der Waals surface area contributed by atoms with Gasteiger partial charge in [-0.15, -0.1) is 0 Å². The standard InChI is InChI=1S/C18H34N2O2/c1-13(12-19(5)6)20(7)17(22)15-11-9-8-10-14(15)16(21)18(2,3)4/h13-15H,8-12H2,1-7H3/t13?,14-,15+/m1/s1. The zero-order chi connectivity index (χ0) is 17.1. The van der Waals surface area contributed by atoms with Crippen molar-refractivity contribution in [3.63, 3.8) is 0 Å². The average Bonchev–Trinajstić information content (AvgIpc) is 2.43. The maximum Gasteiger partial charge on any atom is 0.226 e. The fourth-order valence-electron chi connectivity index (χ4n) is 3.43. The minimum Gasteiger partial charge on any atom is -0.342 e. The molecular weight excluding hydrogens is 276 g/mol. The summed E-state index contributed by atoms with van der Waals surface area (Å²) in [5.41, 5.74) is -0.367. The minimum atomic E-state index is -0.367. The van der Waals surface area contributed by atoms with Crippen molar-refractivity contribution in [2.24, 2.45) is 17.3 Å². The third kappa shape index (κ3) is 4.80. The van der Waals surface area contributed by atoms with Gasteiger partial charge in [-0.1, -0.05) is 33.6 Å². The van der Waals surface area contributed by atoms with Gasteiger partial charge in [0.2, 0.25) is 5.91 Å². The summed E-state index contributed by atoms with van der Waals surface area (Å²) in [6, 6.07) is 0.162. The molecule has 3 atom stereocenters. The van der Waals surface area contributed by atoms with Gasteiger partial charge < -0.3 is 9.80 Å². The summed E-state index contributed by atoms with van der Waals surface area (Å²) in [5, 5.41) is 0. The molecule has 0 aromatic rings. The number of nitrogens with zero attached hydrogens (tertiary/aromatic N) is 2. The van der Waals surface area contributed by atoms with Gasteiger partial charge in [0.05, 0.1) is 0 Å². The van der Waals surface area contributed by atoms with Gasteiger partial charge in [0.25, 0.3) is 0 Å². The van der Waals surface area contributed by atoms with E-state index >= 15 is 0 Å². The van der Waals surface area contributed by atoms with Gasteiger partial charge in [0.1, 0.15) is 5.78 Å². The highest BCUT2D eigenvalue weighted by Gasteiger charge is 2.41. The number of rotatable bonds is 5. The van der Waals surface area contributed by atoms with E-state index in [0.29, 0.717) is 0 Å². The summed E-state index contributed by atoms with van der Waals surface area (Å²) in [7, 11) is 5.91. The highest BCUT2D eigenvalue weighted by atomic mass is 16.2. The Morgan fingerprint density at radius 1 is 1.05 bits per heavy atom. The second kappa shape index (κ2) is 7.58. The van der Waals surface area contributed by atoms with Crippen LogP contribution in [0.4, 0.5) is 0 Å². The number of hydrogen-bond donors (Lipinski definition) is 0. The fourth-order valence-corrected chi connectivity index (χ4v) is 3.43. The predicted molar refractivity (Wildman–Crippen MR) is 90.7 cm³/mol. The van der Waals surface area contributed by atoms with Crippen LogP contribution in [0.25, 0.3) is 0 Å². The van der Waals surface area contributed by atoms with Crippen molar-refractivity contribution < 1.29 is 9.59 Å². The Balaban J connectivity index is 2.86. The van der Waals surface area contributed by atoms with Gasteiger partial charge >= 0.3 is 0 Å². The van der Waals surface area contributed by atoms with Crippen molar-refractivity contribution in [1.82, 2.24) is 9.80 Å². The third-order valence-corrected chi connectivity index (χ3v) is 4.80. The van der Waals surface area contributed by atoms with E-state index in [4.69, 9.17) is 0 Å². The summed E-state index contributed by atoms with van der Waals surface area (Å²) >= 11 is 0. The summed E-state index contributed by atoms with van der Waals surface area (Å²) in [5.74, 6) is 0.168. The molecule has 1 rings (SSSR count). The van der Waals surface area contributed by atoms with Crippen LogP contribution in [0.3, 0.4) is 0 Å². The van der Waals surface area contributed by atoms with Gasteiger partial charge in [-0.2, -0.15) is 0 Å². The average molecular weight is 310 g/mol. The molecule has 1 fully saturated rings. The number of likely N-dealkylation sites (N-methyl/N-ethyl adjacent to an activating group) is 2. The van der Waals surface area contributed by atoms with E-state index in [-0.39, 0.29) is 35.0 Å². The number of ketones is 1. The first-order chi connectivity index (χ1) is 10.1. The van der Waals surface area contributed by atoms with Crippen LogP contribution in [-0.4, -0.2) is 55.2 Å². The summed E-state index contributed by atoms with van der Waals surface area (Å²) in [4.78, 5) is 29.6. The molecule has 0 aromatic heterocycles. The molecule has 1 unspecified atom stereocenters. The summed E-state index contributed by atoms with van der Waals surface area (Å²) in [6.07, 6.45) is 3.83. The van der Waals surface area contributed by atoms with E-state index in [9.17, 15) is 9.59 Å². The van der Waals surface area contributed by atoms with Crippen LogP contribution in [0.2, 0.25) is 0 Å². The summed E-state index contributed by atoms with van der Waals surface area (Å²) < 4.78 is 0. The molecule has 0 heterocycles. The lowest BCUT2D eigenvalue weighted by molar-refractivity contribution is -0.146. The first-order valence-corrected chi connectivity index (χ1v) is 8.51. The van der Waals surface area contributed by atoms with E-state index < -0.39 is 0 Å². The number of carbonyl (C=O) groups is 2. The van der Waals surface area contributed by atoms with Gasteiger partial charge in [-0.3, -0.25) is 9.59 Å². The maximum absolute atomic E-state index is 12.9. The first kappa shape index (κ1) is 19.1. The van der Waals surface area contributed by atoms with Crippen LogP contribution >= 0.6 is 0 Å². The van der Waals surface area contributed by atoms with Crippen molar-refractivity contribution in [3.8, 4) is 0 Å². The van der Waals surface area contributed by atoms with E-state index in [2.05, 4.69) is 11.8 Å². The number of Topliss-reactive ketones (excluding diaryl/α,β-unsaturated/α-hetero) is 1. The molecular formula is C18H34N2O2. The molecule has 22 heavy (non-hydrogen) atoms. The van der Waals surface area contributed by atoms with Crippen molar-refractivity contribution in [2.75, 3.05) is 27.7 Å². The topological polar surface area (TPSA) is 40.6 Å². The molecule has 1 saturated carbocycles. The molecule has 4 heteroatoms. The smallest absolute Gasteiger partial charge is 0.226 e. The molecule has 1 amide bonds. The SMILES string of the molecule is CC(CN(C)C)N(C)C(=O)[C@H]1CCCC[C@H]1C(=O)C(C)(C)C. The van der Waals surface area contributed by atoms with Gasteiger partial charge in [0.15, 0.2) is 0 Å². The van der Waals surface area contributed by atoms with Gasteiger partial charge in [-0.25, -0.2) is 0 Å². The monoisotopic (exact) mass is 310 g/mol. The zero-order valence-corrected chi connectivity index (χ0v) is 15.5. The van der Waals surface area contributed by atoms with Crippen LogP contribution in [0.1, 0.15) is 53.4 Å². The number of hydrogen-bond acceptors (Lipinski definition) is 3. The quantitative estimate of drug-likeness (QED) is 0.784. The largest absolute Gasteiger partial charge is 0.342 e. The third-order valence-electron chi connectivity index (χ3n) is 4.80. The first-order valence-electron chi connectivity index (χ1n) is 8.51. The predicted octanol–water partition coefficient (Wildman–Crippen LogP) is 2.82. The summed E-state index contributed by atoms with van der Waals surface area (Å²) in [6.45, 7) is 8.80. The van der Waals surface area contributed by atoms with E-state index in [1.54, 1.807) is 0 Å². The van der Waals surface area contributed by atoms with E-state index in [1.165, 1.54) is 0 Å². The van der Waals surface area contributed by atoms with E-state index in [0.717, 1.165) is 32.2 Å². The van der Waals surface area contributed by atoms with Crippen LogP contribution in [0.5, 0.6) is 0 Å².